The number of thiophene rings is 1. The molecule has 1 aromatic heterocycles. The molecule has 0 aliphatic carbocycles. The maximum Gasteiger partial charge on any atom is 0.265 e. The monoisotopic (exact) mass is 292 g/mol. The Bertz CT molecular complexity index is 550. The second-order valence-electron chi connectivity index (χ2n) is 5.51. The van der Waals surface area contributed by atoms with Gasteiger partial charge in [0.15, 0.2) is 0 Å². The summed E-state index contributed by atoms with van der Waals surface area (Å²) in [5, 5.41) is 10.2. The Morgan fingerprint density at radius 1 is 1.45 bits per heavy atom. The van der Waals surface area contributed by atoms with Crippen LogP contribution in [0.2, 0.25) is 0 Å². The number of rotatable bonds is 2. The first-order chi connectivity index (χ1) is 9.45. The van der Waals surface area contributed by atoms with E-state index in [0.717, 1.165) is 36.9 Å². The van der Waals surface area contributed by atoms with Gasteiger partial charge >= 0.3 is 0 Å². The van der Waals surface area contributed by atoms with Crippen molar-refractivity contribution >= 4 is 27.9 Å². The van der Waals surface area contributed by atoms with Crippen molar-refractivity contribution in [3.8, 4) is 6.07 Å². The highest BCUT2D eigenvalue weighted by molar-refractivity contribution is 7.19. The lowest BCUT2D eigenvalue weighted by Crippen LogP contribution is -2.32. The van der Waals surface area contributed by atoms with Crippen LogP contribution in [0.4, 0.5) is 10.7 Å². The third kappa shape index (κ3) is 2.59. The minimum atomic E-state index is -0.138. The van der Waals surface area contributed by atoms with Crippen LogP contribution in [0.5, 0.6) is 0 Å². The quantitative estimate of drug-likeness (QED) is 0.906. The zero-order chi connectivity index (χ0) is 14.9. The number of nitrogen functional groups attached to an aromatic ring is 1. The summed E-state index contributed by atoms with van der Waals surface area (Å²) in [6, 6.07) is 2.16. The van der Waals surface area contributed by atoms with Gasteiger partial charge < -0.3 is 15.5 Å². The minimum Gasteiger partial charge on any atom is -0.396 e. The summed E-state index contributed by atoms with van der Waals surface area (Å²) in [4.78, 5) is 16.3. The van der Waals surface area contributed by atoms with E-state index in [4.69, 9.17) is 5.73 Å². The zero-order valence-electron chi connectivity index (χ0n) is 12.1. The molecule has 2 N–H and O–H groups in total. The molecule has 0 aromatic carbocycles. The molecule has 0 bridgehead atoms. The molecule has 2 rings (SSSR count). The number of nitrogens with zero attached hydrogens (tertiary/aromatic N) is 3. The van der Waals surface area contributed by atoms with Crippen LogP contribution in [-0.4, -0.2) is 38.0 Å². The molecule has 0 radical (unpaired) electrons. The molecule has 2 heterocycles. The maximum atomic E-state index is 12.1. The second kappa shape index (κ2) is 5.71. The largest absolute Gasteiger partial charge is 0.396 e. The third-order valence-corrected chi connectivity index (χ3v) is 4.96. The van der Waals surface area contributed by atoms with Gasteiger partial charge in [0.1, 0.15) is 21.5 Å². The summed E-state index contributed by atoms with van der Waals surface area (Å²) >= 11 is 1.34. The molecule has 1 aromatic rings. The van der Waals surface area contributed by atoms with Crippen molar-refractivity contribution in [2.75, 3.05) is 37.8 Å². The molecule has 0 atom stereocenters. The Labute approximate surface area is 123 Å². The highest BCUT2D eigenvalue weighted by Crippen LogP contribution is 2.39. The molecule has 0 unspecified atom stereocenters. The molecule has 0 spiro atoms. The van der Waals surface area contributed by atoms with E-state index >= 15 is 0 Å². The highest BCUT2D eigenvalue weighted by atomic mass is 32.1. The lowest BCUT2D eigenvalue weighted by Gasteiger charge is -2.31. The standard InChI is InChI=1S/C14H20N4OS/c1-9-4-6-18(7-5-9)14-10(8-15)11(16)12(20-14)13(19)17(2)3/h9H,4-7,16H2,1-3H3. The van der Waals surface area contributed by atoms with Gasteiger partial charge in [-0.3, -0.25) is 4.79 Å². The van der Waals surface area contributed by atoms with Crippen molar-refractivity contribution in [3.05, 3.63) is 10.4 Å². The number of hydrogen-bond donors (Lipinski definition) is 1. The van der Waals surface area contributed by atoms with Crippen molar-refractivity contribution < 1.29 is 4.79 Å². The Morgan fingerprint density at radius 2 is 2.05 bits per heavy atom. The summed E-state index contributed by atoms with van der Waals surface area (Å²) in [5.41, 5.74) is 6.78. The van der Waals surface area contributed by atoms with E-state index in [1.54, 1.807) is 14.1 Å². The van der Waals surface area contributed by atoms with Crippen molar-refractivity contribution in [3.63, 3.8) is 0 Å². The summed E-state index contributed by atoms with van der Waals surface area (Å²) in [6.45, 7) is 4.09. The fourth-order valence-corrected chi connectivity index (χ4v) is 3.58. The normalized spacial score (nSPS) is 16.0. The number of hydrogen-bond acceptors (Lipinski definition) is 5. The predicted octanol–water partition coefficient (Wildman–Crippen LogP) is 2.14. The van der Waals surface area contributed by atoms with Gasteiger partial charge in [-0.2, -0.15) is 5.26 Å². The van der Waals surface area contributed by atoms with Gasteiger partial charge in [-0.25, -0.2) is 0 Å². The van der Waals surface area contributed by atoms with Crippen molar-refractivity contribution in [1.29, 1.82) is 5.26 Å². The summed E-state index contributed by atoms with van der Waals surface area (Å²) in [5.74, 6) is 0.581. The molecule has 1 saturated heterocycles. The number of piperidine rings is 1. The minimum absolute atomic E-state index is 0.138. The second-order valence-corrected chi connectivity index (χ2v) is 6.51. The van der Waals surface area contributed by atoms with Crippen molar-refractivity contribution in [2.45, 2.75) is 19.8 Å². The lowest BCUT2D eigenvalue weighted by molar-refractivity contribution is 0.0833. The smallest absolute Gasteiger partial charge is 0.265 e. The van der Waals surface area contributed by atoms with E-state index < -0.39 is 0 Å². The Kier molecular flexibility index (Phi) is 4.19. The van der Waals surface area contributed by atoms with Gasteiger partial charge in [-0.1, -0.05) is 6.92 Å². The average molecular weight is 292 g/mol. The van der Waals surface area contributed by atoms with Gasteiger partial charge in [0.25, 0.3) is 5.91 Å². The van der Waals surface area contributed by atoms with Crippen LogP contribution in [0, 0.1) is 17.2 Å². The number of amides is 1. The van der Waals surface area contributed by atoms with E-state index in [2.05, 4.69) is 17.9 Å². The van der Waals surface area contributed by atoms with Gasteiger partial charge in [-0.05, 0) is 18.8 Å². The Hall–Kier alpha value is -1.74. The lowest BCUT2D eigenvalue weighted by atomic mass is 9.99. The number of nitrogens with two attached hydrogens (primary N) is 1. The van der Waals surface area contributed by atoms with Crippen molar-refractivity contribution in [2.24, 2.45) is 5.92 Å². The Balaban J connectivity index is 2.37. The number of carbonyl (C=O) groups is 1. The molecule has 5 nitrogen and oxygen atoms in total. The molecule has 20 heavy (non-hydrogen) atoms. The first-order valence-corrected chi connectivity index (χ1v) is 7.56. The molecule has 1 aliphatic heterocycles. The molecular formula is C14H20N4OS. The number of carbonyl (C=O) groups excluding carboxylic acids is 1. The third-order valence-electron chi connectivity index (χ3n) is 3.71. The van der Waals surface area contributed by atoms with E-state index in [1.165, 1.54) is 16.2 Å². The molecule has 108 valence electrons. The number of nitriles is 1. The van der Waals surface area contributed by atoms with Gasteiger partial charge in [0, 0.05) is 27.2 Å². The maximum absolute atomic E-state index is 12.1. The molecular weight excluding hydrogens is 272 g/mol. The van der Waals surface area contributed by atoms with Gasteiger partial charge in [0.2, 0.25) is 0 Å². The fourth-order valence-electron chi connectivity index (χ4n) is 2.34. The molecule has 6 heteroatoms. The first kappa shape index (κ1) is 14.7. The Morgan fingerprint density at radius 3 is 2.55 bits per heavy atom. The predicted molar refractivity (Wildman–Crippen MR) is 82.1 cm³/mol. The van der Waals surface area contributed by atoms with E-state index in [9.17, 15) is 10.1 Å². The number of anilines is 2. The van der Waals surface area contributed by atoms with Crippen LogP contribution in [0.1, 0.15) is 35.0 Å². The van der Waals surface area contributed by atoms with Crippen LogP contribution >= 0.6 is 11.3 Å². The summed E-state index contributed by atoms with van der Waals surface area (Å²) in [7, 11) is 3.38. The molecule has 1 amide bonds. The molecule has 0 saturated carbocycles. The highest BCUT2D eigenvalue weighted by Gasteiger charge is 2.27. The van der Waals surface area contributed by atoms with E-state index in [1.807, 2.05) is 0 Å². The van der Waals surface area contributed by atoms with Crippen LogP contribution in [0.25, 0.3) is 0 Å². The van der Waals surface area contributed by atoms with Crippen LogP contribution in [0.15, 0.2) is 0 Å². The summed E-state index contributed by atoms with van der Waals surface area (Å²) in [6.07, 6.45) is 2.22. The molecule has 1 fully saturated rings. The summed E-state index contributed by atoms with van der Waals surface area (Å²) < 4.78 is 0. The SMILES string of the molecule is CC1CCN(c2sc(C(=O)N(C)C)c(N)c2C#N)CC1. The van der Waals surface area contributed by atoms with Crippen molar-refractivity contribution in [1.82, 2.24) is 4.90 Å². The first-order valence-electron chi connectivity index (χ1n) is 6.74. The zero-order valence-corrected chi connectivity index (χ0v) is 13.0. The molecule has 1 aliphatic rings. The van der Waals surface area contributed by atoms with Crippen LogP contribution < -0.4 is 10.6 Å². The van der Waals surface area contributed by atoms with E-state index in [0.29, 0.717) is 16.1 Å². The van der Waals surface area contributed by atoms with E-state index in [-0.39, 0.29) is 5.91 Å². The van der Waals surface area contributed by atoms with Gasteiger partial charge in [0.05, 0.1) is 5.69 Å². The fraction of sp³-hybridized carbons (Fsp3) is 0.571. The topological polar surface area (TPSA) is 73.4 Å². The average Bonchev–Trinajstić information content (AvgIpc) is 2.75. The van der Waals surface area contributed by atoms with Gasteiger partial charge in [-0.15, -0.1) is 11.3 Å². The van der Waals surface area contributed by atoms with Crippen LogP contribution in [0.3, 0.4) is 0 Å². The van der Waals surface area contributed by atoms with Crippen LogP contribution in [-0.2, 0) is 0 Å².